The minimum absolute atomic E-state index is 0.754. The third-order valence-electron chi connectivity index (χ3n) is 2.73. The lowest BCUT2D eigenvalue weighted by atomic mass is 10.0. The first-order valence-corrected chi connectivity index (χ1v) is 5.83. The minimum Gasteiger partial charge on any atom is -0.493 e. The third-order valence-corrected chi connectivity index (χ3v) is 2.94. The molecule has 2 nitrogen and oxygen atoms in total. The molecule has 0 amide bonds. The molecule has 1 aromatic carbocycles. The maximum atomic E-state index is 6.06. The third kappa shape index (κ3) is 2.44. The number of hydrogen-bond donors (Lipinski definition) is 1. The van der Waals surface area contributed by atoms with Gasteiger partial charge in [-0.1, -0.05) is 11.6 Å². The summed E-state index contributed by atoms with van der Waals surface area (Å²) in [6.45, 7) is 1.54. The van der Waals surface area contributed by atoms with Crippen LogP contribution < -0.4 is 10.5 Å². The first-order valence-electron chi connectivity index (χ1n) is 5.45. The van der Waals surface area contributed by atoms with Gasteiger partial charge in [0.05, 0.1) is 6.61 Å². The standard InChI is InChI=1S/C12H16ClNO/c13-11-7-9(3-1-2-5-14)12-10(8-11)4-6-15-12/h7-8H,1-6,14H2. The number of hydrogen-bond acceptors (Lipinski definition) is 2. The Morgan fingerprint density at radius 2 is 2.20 bits per heavy atom. The Labute approximate surface area is 95.4 Å². The number of unbranched alkanes of at least 4 members (excludes halogenated alkanes) is 1. The number of fused-ring (bicyclic) bond motifs is 1. The van der Waals surface area contributed by atoms with Gasteiger partial charge in [-0.05, 0) is 49.1 Å². The Balaban J connectivity index is 2.15. The molecule has 0 aliphatic carbocycles. The molecule has 3 heteroatoms. The molecule has 15 heavy (non-hydrogen) atoms. The van der Waals surface area contributed by atoms with Crippen molar-refractivity contribution in [2.75, 3.05) is 13.2 Å². The quantitative estimate of drug-likeness (QED) is 0.800. The second kappa shape index (κ2) is 4.86. The number of halogens is 1. The lowest BCUT2D eigenvalue weighted by Gasteiger charge is -2.08. The lowest BCUT2D eigenvalue weighted by molar-refractivity contribution is 0.353. The predicted octanol–water partition coefficient (Wildman–Crippen LogP) is 2.56. The molecule has 1 aliphatic rings. The number of ether oxygens (including phenoxy) is 1. The van der Waals surface area contributed by atoms with Crippen molar-refractivity contribution in [1.82, 2.24) is 0 Å². The first-order chi connectivity index (χ1) is 7.31. The summed E-state index contributed by atoms with van der Waals surface area (Å²) in [4.78, 5) is 0. The molecule has 0 aromatic heterocycles. The molecule has 1 heterocycles. The summed E-state index contributed by atoms with van der Waals surface area (Å²) in [6.07, 6.45) is 4.16. The van der Waals surface area contributed by atoms with Crippen LogP contribution in [0.15, 0.2) is 12.1 Å². The average Bonchev–Trinajstić information content (AvgIpc) is 2.65. The van der Waals surface area contributed by atoms with Gasteiger partial charge in [-0.25, -0.2) is 0 Å². The Kier molecular flexibility index (Phi) is 3.49. The van der Waals surface area contributed by atoms with E-state index in [1.54, 1.807) is 0 Å². The largest absolute Gasteiger partial charge is 0.493 e. The second-order valence-corrected chi connectivity index (χ2v) is 4.33. The van der Waals surface area contributed by atoms with Crippen LogP contribution in [-0.4, -0.2) is 13.2 Å². The molecule has 0 saturated carbocycles. The monoisotopic (exact) mass is 225 g/mol. The van der Waals surface area contributed by atoms with E-state index < -0.39 is 0 Å². The van der Waals surface area contributed by atoms with E-state index in [4.69, 9.17) is 22.1 Å². The van der Waals surface area contributed by atoms with E-state index in [-0.39, 0.29) is 0 Å². The van der Waals surface area contributed by atoms with Gasteiger partial charge in [-0.15, -0.1) is 0 Å². The van der Waals surface area contributed by atoms with E-state index in [2.05, 4.69) is 0 Å². The fraction of sp³-hybridized carbons (Fsp3) is 0.500. The molecular formula is C12H16ClNO. The van der Waals surface area contributed by atoms with Crippen molar-refractivity contribution in [2.45, 2.75) is 25.7 Å². The smallest absolute Gasteiger partial charge is 0.125 e. The fourth-order valence-electron chi connectivity index (χ4n) is 1.99. The maximum Gasteiger partial charge on any atom is 0.125 e. The number of benzene rings is 1. The van der Waals surface area contributed by atoms with Crippen LogP contribution in [-0.2, 0) is 12.8 Å². The molecule has 1 aromatic rings. The maximum absolute atomic E-state index is 6.06. The Hall–Kier alpha value is -0.730. The molecule has 0 radical (unpaired) electrons. The summed E-state index contributed by atoms with van der Waals surface area (Å²) >= 11 is 6.06. The van der Waals surface area contributed by atoms with E-state index in [0.717, 1.165) is 49.6 Å². The highest BCUT2D eigenvalue weighted by Crippen LogP contribution is 2.33. The number of aryl methyl sites for hydroxylation is 1. The zero-order valence-corrected chi connectivity index (χ0v) is 9.52. The van der Waals surface area contributed by atoms with Gasteiger partial charge in [0.15, 0.2) is 0 Å². The van der Waals surface area contributed by atoms with Crippen molar-refractivity contribution >= 4 is 11.6 Å². The van der Waals surface area contributed by atoms with Crippen LogP contribution in [0.4, 0.5) is 0 Å². The molecule has 0 spiro atoms. The SMILES string of the molecule is NCCCCc1cc(Cl)cc2c1OCC2. The van der Waals surface area contributed by atoms with E-state index in [0.29, 0.717) is 0 Å². The van der Waals surface area contributed by atoms with Crippen LogP contribution in [0.25, 0.3) is 0 Å². The van der Waals surface area contributed by atoms with Crippen LogP contribution >= 0.6 is 11.6 Å². The molecule has 2 N–H and O–H groups in total. The highest BCUT2D eigenvalue weighted by Gasteiger charge is 2.16. The van der Waals surface area contributed by atoms with Gasteiger partial charge in [0.2, 0.25) is 0 Å². The summed E-state index contributed by atoms with van der Waals surface area (Å²) in [5.74, 6) is 1.07. The Bertz CT molecular complexity index is 352. The summed E-state index contributed by atoms with van der Waals surface area (Å²) in [5.41, 5.74) is 7.97. The molecule has 0 atom stereocenters. The van der Waals surface area contributed by atoms with Crippen LogP contribution in [0.5, 0.6) is 5.75 Å². The van der Waals surface area contributed by atoms with Crippen molar-refractivity contribution < 1.29 is 4.74 Å². The number of rotatable bonds is 4. The highest BCUT2D eigenvalue weighted by molar-refractivity contribution is 6.30. The van der Waals surface area contributed by atoms with E-state index in [1.165, 1.54) is 11.1 Å². The van der Waals surface area contributed by atoms with E-state index >= 15 is 0 Å². The van der Waals surface area contributed by atoms with Crippen LogP contribution in [0, 0.1) is 0 Å². The van der Waals surface area contributed by atoms with Gasteiger partial charge in [0.1, 0.15) is 5.75 Å². The normalized spacial score (nSPS) is 13.7. The fourth-order valence-corrected chi connectivity index (χ4v) is 2.25. The first kappa shape index (κ1) is 10.8. The van der Waals surface area contributed by atoms with Crippen LogP contribution in [0.2, 0.25) is 5.02 Å². The van der Waals surface area contributed by atoms with Gasteiger partial charge in [0, 0.05) is 11.4 Å². The van der Waals surface area contributed by atoms with Crippen molar-refractivity contribution in [3.8, 4) is 5.75 Å². The average molecular weight is 226 g/mol. The molecule has 0 fully saturated rings. The zero-order valence-electron chi connectivity index (χ0n) is 8.76. The molecular weight excluding hydrogens is 210 g/mol. The summed E-state index contributed by atoms with van der Waals surface area (Å²) in [7, 11) is 0. The molecule has 2 rings (SSSR count). The molecule has 82 valence electrons. The minimum atomic E-state index is 0.754. The summed E-state index contributed by atoms with van der Waals surface area (Å²) in [5, 5.41) is 0.821. The van der Waals surface area contributed by atoms with E-state index in [1.807, 2.05) is 12.1 Å². The van der Waals surface area contributed by atoms with Crippen molar-refractivity contribution in [1.29, 1.82) is 0 Å². The van der Waals surface area contributed by atoms with Gasteiger partial charge >= 0.3 is 0 Å². The predicted molar refractivity (Wildman–Crippen MR) is 62.6 cm³/mol. The van der Waals surface area contributed by atoms with Crippen LogP contribution in [0.1, 0.15) is 24.0 Å². The Morgan fingerprint density at radius 1 is 1.33 bits per heavy atom. The lowest BCUT2D eigenvalue weighted by Crippen LogP contribution is -2.00. The van der Waals surface area contributed by atoms with Gasteiger partial charge in [-0.2, -0.15) is 0 Å². The Morgan fingerprint density at radius 3 is 3.00 bits per heavy atom. The molecule has 0 saturated heterocycles. The van der Waals surface area contributed by atoms with Crippen molar-refractivity contribution in [3.05, 3.63) is 28.3 Å². The molecule has 1 aliphatic heterocycles. The number of nitrogens with two attached hydrogens (primary N) is 1. The highest BCUT2D eigenvalue weighted by atomic mass is 35.5. The van der Waals surface area contributed by atoms with Crippen molar-refractivity contribution in [3.63, 3.8) is 0 Å². The van der Waals surface area contributed by atoms with Gasteiger partial charge in [-0.3, -0.25) is 0 Å². The topological polar surface area (TPSA) is 35.2 Å². The molecule has 0 unspecified atom stereocenters. The van der Waals surface area contributed by atoms with Gasteiger partial charge < -0.3 is 10.5 Å². The van der Waals surface area contributed by atoms with Crippen molar-refractivity contribution in [2.24, 2.45) is 5.73 Å². The van der Waals surface area contributed by atoms with E-state index in [9.17, 15) is 0 Å². The zero-order chi connectivity index (χ0) is 10.7. The molecule has 0 bridgehead atoms. The second-order valence-electron chi connectivity index (χ2n) is 3.90. The van der Waals surface area contributed by atoms with Crippen LogP contribution in [0.3, 0.4) is 0 Å². The van der Waals surface area contributed by atoms with Gasteiger partial charge in [0.25, 0.3) is 0 Å². The summed E-state index contributed by atoms with van der Waals surface area (Å²) in [6, 6.07) is 4.03. The summed E-state index contributed by atoms with van der Waals surface area (Å²) < 4.78 is 5.63.